The first-order valence-electron chi connectivity index (χ1n) is 8.86. The molecule has 0 fully saturated rings. The van der Waals surface area contributed by atoms with Crippen molar-refractivity contribution in [3.8, 4) is 5.75 Å². The van der Waals surface area contributed by atoms with Crippen molar-refractivity contribution in [3.05, 3.63) is 96.3 Å². The summed E-state index contributed by atoms with van der Waals surface area (Å²) >= 11 is 0. The van der Waals surface area contributed by atoms with Crippen molar-refractivity contribution in [3.63, 3.8) is 0 Å². The molecule has 1 N–H and O–H groups in total. The van der Waals surface area contributed by atoms with E-state index in [9.17, 15) is 4.79 Å². The van der Waals surface area contributed by atoms with E-state index >= 15 is 0 Å². The normalized spacial score (nSPS) is 11.6. The van der Waals surface area contributed by atoms with Gasteiger partial charge in [0.25, 0.3) is 5.91 Å². The third-order valence-corrected chi connectivity index (χ3v) is 4.08. The molecule has 2 aromatic carbocycles. The largest absolute Gasteiger partial charge is 0.491 e. The molecule has 5 nitrogen and oxygen atoms in total. The van der Waals surface area contributed by atoms with E-state index in [1.165, 1.54) is 0 Å². The summed E-state index contributed by atoms with van der Waals surface area (Å²) in [6, 6.07) is 23.0. The smallest absolute Gasteiger partial charge is 0.251 e. The topological polar surface area (TPSA) is 60.5 Å². The molecular formula is C22H22N2O3. The Bertz CT molecular complexity index is 811. The molecule has 0 saturated carbocycles. The van der Waals surface area contributed by atoms with Crippen molar-refractivity contribution in [2.75, 3.05) is 13.2 Å². The standard InChI is InChI=1S/C22H22N2O3/c25-22(24-27-16-15-26-20-9-5-2-6-10-20)21(19-7-3-1-4-8-19)17-18-11-13-23-14-12-18/h1-14,21H,15-17H2,(H,24,25). The van der Waals surface area contributed by atoms with E-state index in [1.807, 2.05) is 72.8 Å². The third-order valence-electron chi connectivity index (χ3n) is 4.08. The van der Waals surface area contributed by atoms with Crippen LogP contribution < -0.4 is 10.2 Å². The predicted molar refractivity (Wildman–Crippen MR) is 103 cm³/mol. The highest BCUT2D eigenvalue weighted by molar-refractivity contribution is 5.83. The summed E-state index contributed by atoms with van der Waals surface area (Å²) in [5.74, 6) is 0.244. The molecule has 0 aliphatic heterocycles. The molecule has 1 aromatic heterocycles. The van der Waals surface area contributed by atoms with Gasteiger partial charge in [-0.2, -0.15) is 0 Å². The molecule has 1 atom stereocenters. The Balaban J connectivity index is 1.53. The summed E-state index contributed by atoms with van der Waals surface area (Å²) < 4.78 is 5.55. The van der Waals surface area contributed by atoms with E-state index in [2.05, 4.69) is 10.5 Å². The Labute approximate surface area is 158 Å². The first kappa shape index (κ1) is 18.6. The zero-order valence-corrected chi connectivity index (χ0v) is 15.0. The lowest BCUT2D eigenvalue weighted by Crippen LogP contribution is -2.32. The molecule has 1 unspecified atom stereocenters. The van der Waals surface area contributed by atoms with Gasteiger partial charge < -0.3 is 4.74 Å². The second-order valence-electron chi connectivity index (χ2n) is 6.00. The number of aromatic nitrogens is 1. The van der Waals surface area contributed by atoms with Gasteiger partial charge in [-0.05, 0) is 41.8 Å². The average molecular weight is 362 g/mol. The summed E-state index contributed by atoms with van der Waals surface area (Å²) in [5, 5.41) is 0. The number of nitrogens with one attached hydrogen (secondary N) is 1. The first-order valence-corrected chi connectivity index (χ1v) is 8.86. The summed E-state index contributed by atoms with van der Waals surface area (Å²) in [4.78, 5) is 22.0. The maximum Gasteiger partial charge on any atom is 0.251 e. The monoisotopic (exact) mass is 362 g/mol. The molecular weight excluding hydrogens is 340 g/mol. The Kier molecular flexibility index (Phi) is 6.95. The number of carbonyl (C=O) groups is 1. The van der Waals surface area contributed by atoms with Crippen LogP contribution in [0.2, 0.25) is 0 Å². The average Bonchev–Trinajstić information content (AvgIpc) is 2.74. The Hall–Kier alpha value is -3.18. The van der Waals surface area contributed by atoms with Gasteiger partial charge >= 0.3 is 0 Å². The number of pyridine rings is 1. The number of amides is 1. The minimum atomic E-state index is -0.344. The molecule has 0 saturated heterocycles. The third kappa shape index (κ3) is 5.94. The lowest BCUT2D eigenvalue weighted by molar-refractivity contribution is -0.135. The molecule has 3 aromatic rings. The quantitative estimate of drug-likeness (QED) is 0.467. The number of hydrogen-bond donors (Lipinski definition) is 1. The van der Waals surface area contributed by atoms with Crippen molar-refractivity contribution in [2.45, 2.75) is 12.3 Å². The van der Waals surface area contributed by atoms with Crippen LogP contribution in [0.25, 0.3) is 0 Å². The molecule has 0 aliphatic carbocycles. The van der Waals surface area contributed by atoms with Gasteiger partial charge in [0.05, 0.1) is 5.92 Å². The van der Waals surface area contributed by atoms with Gasteiger partial charge in [0.1, 0.15) is 19.0 Å². The highest BCUT2D eigenvalue weighted by Gasteiger charge is 2.21. The summed E-state index contributed by atoms with van der Waals surface area (Å²) in [7, 11) is 0. The van der Waals surface area contributed by atoms with Crippen molar-refractivity contribution in [1.29, 1.82) is 0 Å². The fourth-order valence-electron chi connectivity index (χ4n) is 2.71. The van der Waals surface area contributed by atoms with Gasteiger partial charge in [0, 0.05) is 12.4 Å². The molecule has 1 amide bonds. The van der Waals surface area contributed by atoms with Gasteiger partial charge in [-0.15, -0.1) is 0 Å². The van der Waals surface area contributed by atoms with Gasteiger partial charge in [-0.1, -0.05) is 48.5 Å². The number of ether oxygens (including phenoxy) is 1. The number of nitrogens with zero attached hydrogens (tertiary/aromatic N) is 1. The minimum absolute atomic E-state index is 0.183. The number of para-hydroxylation sites is 1. The highest BCUT2D eigenvalue weighted by atomic mass is 16.7. The minimum Gasteiger partial charge on any atom is -0.491 e. The molecule has 0 aliphatic rings. The van der Waals surface area contributed by atoms with Gasteiger partial charge in [-0.25, -0.2) is 5.48 Å². The van der Waals surface area contributed by atoms with E-state index < -0.39 is 0 Å². The van der Waals surface area contributed by atoms with Crippen LogP contribution in [0.5, 0.6) is 5.75 Å². The van der Waals surface area contributed by atoms with Crippen LogP contribution in [-0.4, -0.2) is 24.1 Å². The predicted octanol–water partition coefficient (Wildman–Crippen LogP) is 3.53. The van der Waals surface area contributed by atoms with Crippen LogP contribution >= 0.6 is 0 Å². The SMILES string of the molecule is O=C(NOCCOc1ccccc1)C(Cc1ccncc1)c1ccccc1. The lowest BCUT2D eigenvalue weighted by Gasteiger charge is -2.17. The van der Waals surface area contributed by atoms with Crippen LogP contribution in [-0.2, 0) is 16.1 Å². The van der Waals surface area contributed by atoms with Crippen molar-refractivity contribution in [1.82, 2.24) is 10.5 Å². The Morgan fingerprint density at radius 2 is 1.56 bits per heavy atom. The number of benzene rings is 2. The van der Waals surface area contributed by atoms with Crippen LogP contribution in [0.4, 0.5) is 0 Å². The van der Waals surface area contributed by atoms with E-state index in [1.54, 1.807) is 12.4 Å². The summed E-state index contributed by atoms with van der Waals surface area (Å²) in [6.07, 6.45) is 4.03. The van der Waals surface area contributed by atoms with E-state index in [-0.39, 0.29) is 18.4 Å². The summed E-state index contributed by atoms with van der Waals surface area (Å²) in [5.41, 5.74) is 4.54. The number of hydrogen-bond acceptors (Lipinski definition) is 4. The Morgan fingerprint density at radius 3 is 2.26 bits per heavy atom. The second kappa shape index (κ2) is 10.1. The zero-order chi connectivity index (χ0) is 18.7. The summed E-state index contributed by atoms with van der Waals surface area (Å²) in [6.45, 7) is 0.613. The highest BCUT2D eigenvalue weighted by Crippen LogP contribution is 2.21. The van der Waals surface area contributed by atoms with E-state index in [0.29, 0.717) is 13.0 Å². The molecule has 3 rings (SSSR count). The first-order chi connectivity index (χ1) is 13.3. The molecule has 0 spiro atoms. The number of hydroxylamine groups is 1. The number of rotatable bonds is 9. The van der Waals surface area contributed by atoms with Crippen LogP contribution in [0.1, 0.15) is 17.0 Å². The maximum absolute atomic E-state index is 12.7. The van der Waals surface area contributed by atoms with E-state index in [4.69, 9.17) is 9.57 Å². The zero-order valence-electron chi connectivity index (χ0n) is 15.0. The fraction of sp³-hybridized carbons (Fsp3) is 0.182. The van der Waals surface area contributed by atoms with Crippen LogP contribution in [0.3, 0.4) is 0 Å². The van der Waals surface area contributed by atoms with Crippen molar-refractivity contribution < 1.29 is 14.4 Å². The van der Waals surface area contributed by atoms with Gasteiger partial charge in [0.2, 0.25) is 0 Å². The van der Waals surface area contributed by atoms with Crippen LogP contribution in [0.15, 0.2) is 85.2 Å². The second-order valence-corrected chi connectivity index (χ2v) is 6.00. The lowest BCUT2D eigenvalue weighted by atomic mass is 9.92. The Morgan fingerprint density at radius 1 is 0.889 bits per heavy atom. The fourth-order valence-corrected chi connectivity index (χ4v) is 2.71. The van der Waals surface area contributed by atoms with Crippen molar-refractivity contribution >= 4 is 5.91 Å². The number of carbonyl (C=O) groups excluding carboxylic acids is 1. The van der Waals surface area contributed by atoms with E-state index in [0.717, 1.165) is 16.9 Å². The molecule has 0 radical (unpaired) electrons. The molecule has 1 heterocycles. The molecule has 27 heavy (non-hydrogen) atoms. The van der Waals surface area contributed by atoms with Gasteiger partial charge in [0.15, 0.2) is 0 Å². The molecule has 5 heteroatoms. The van der Waals surface area contributed by atoms with Gasteiger partial charge in [-0.3, -0.25) is 14.6 Å². The molecule has 138 valence electrons. The van der Waals surface area contributed by atoms with Crippen molar-refractivity contribution in [2.24, 2.45) is 0 Å². The molecule has 0 bridgehead atoms. The van der Waals surface area contributed by atoms with Crippen LogP contribution in [0, 0.1) is 0 Å². The maximum atomic E-state index is 12.7.